The maximum Gasteiger partial charge on any atom is 0.142 e. The van der Waals surface area contributed by atoms with Crippen molar-refractivity contribution in [1.82, 2.24) is 4.98 Å². The quantitative estimate of drug-likeness (QED) is 0.845. The van der Waals surface area contributed by atoms with E-state index in [9.17, 15) is 0 Å². The minimum Gasteiger partial charge on any atom is -0.497 e. The Morgan fingerprint density at radius 3 is 2.95 bits per heavy atom. The van der Waals surface area contributed by atoms with Crippen molar-refractivity contribution < 1.29 is 14.2 Å². The lowest BCUT2D eigenvalue weighted by Crippen LogP contribution is -2.31. The summed E-state index contributed by atoms with van der Waals surface area (Å²) >= 11 is 0. The Labute approximate surface area is 125 Å². The fourth-order valence-corrected chi connectivity index (χ4v) is 3.00. The summed E-state index contributed by atoms with van der Waals surface area (Å²) in [5, 5.41) is 1.11. The average molecular weight is 287 g/mol. The van der Waals surface area contributed by atoms with Crippen LogP contribution >= 0.6 is 0 Å². The molecule has 2 atom stereocenters. The average Bonchev–Trinajstić information content (AvgIpc) is 2.96. The molecule has 2 heterocycles. The number of nitrogens with zero attached hydrogens (tertiary/aromatic N) is 1. The van der Waals surface area contributed by atoms with Crippen LogP contribution in [0.25, 0.3) is 10.9 Å². The third kappa shape index (κ3) is 2.56. The standard InChI is InChI=1S/C17H21NO3/c1-4-5-15(20-3)16-9-13-12-8-11(19-2)6-7-14(12)18-10-17(13)21-16/h6-8,10,15-16H,4-5,9H2,1-3H3. The Morgan fingerprint density at radius 1 is 1.38 bits per heavy atom. The molecule has 0 saturated carbocycles. The first kappa shape index (κ1) is 14.1. The second-order valence-corrected chi connectivity index (χ2v) is 5.41. The zero-order valence-electron chi connectivity index (χ0n) is 12.8. The van der Waals surface area contributed by atoms with Crippen LogP contribution < -0.4 is 9.47 Å². The first-order valence-electron chi connectivity index (χ1n) is 7.42. The topological polar surface area (TPSA) is 40.6 Å². The van der Waals surface area contributed by atoms with Gasteiger partial charge in [0, 0.05) is 24.5 Å². The van der Waals surface area contributed by atoms with E-state index in [0.717, 1.165) is 41.7 Å². The lowest BCUT2D eigenvalue weighted by atomic mass is 10.0. The molecule has 0 amide bonds. The molecule has 0 saturated heterocycles. The lowest BCUT2D eigenvalue weighted by Gasteiger charge is -2.21. The Hall–Kier alpha value is -1.81. The molecule has 0 radical (unpaired) electrons. The molecule has 1 aromatic carbocycles. The molecule has 21 heavy (non-hydrogen) atoms. The monoisotopic (exact) mass is 287 g/mol. The Kier molecular flexibility index (Phi) is 3.97. The third-order valence-electron chi connectivity index (χ3n) is 4.12. The van der Waals surface area contributed by atoms with Crippen LogP contribution in [0.2, 0.25) is 0 Å². The van der Waals surface area contributed by atoms with Gasteiger partial charge in [0.25, 0.3) is 0 Å². The Morgan fingerprint density at radius 2 is 2.24 bits per heavy atom. The van der Waals surface area contributed by atoms with E-state index in [1.807, 2.05) is 24.4 Å². The summed E-state index contributed by atoms with van der Waals surface area (Å²) in [5.74, 6) is 1.72. The van der Waals surface area contributed by atoms with Crippen LogP contribution in [0.1, 0.15) is 25.3 Å². The number of ether oxygens (including phenoxy) is 3. The van der Waals surface area contributed by atoms with E-state index in [2.05, 4.69) is 11.9 Å². The molecule has 0 N–H and O–H groups in total. The molecule has 4 nitrogen and oxygen atoms in total. The van der Waals surface area contributed by atoms with Crippen LogP contribution in [0.3, 0.4) is 0 Å². The molecule has 3 rings (SSSR count). The molecule has 1 aliphatic heterocycles. The van der Waals surface area contributed by atoms with E-state index in [-0.39, 0.29) is 12.2 Å². The van der Waals surface area contributed by atoms with Crippen molar-refractivity contribution in [2.75, 3.05) is 14.2 Å². The van der Waals surface area contributed by atoms with Gasteiger partial charge in [-0.25, -0.2) is 0 Å². The summed E-state index contributed by atoms with van der Waals surface area (Å²) in [5.41, 5.74) is 2.19. The molecule has 1 aliphatic rings. The molecule has 112 valence electrons. The molecule has 1 aromatic heterocycles. The van der Waals surface area contributed by atoms with Crippen molar-refractivity contribution in [1.29, 1.82) is 0 Å². The predicted octanol–water partition coefficient (Wildman–Crippen LogP) is 3.36. The Bertz CT molecular complexity index is 641. The zero-order valence-corrected chi connectivity index (χ0v) is 12.8. The molecule has 4 heteroatoms. The zero-order chi connectivity index (χ0) is 14.8. The minimum absolute atomic E-state index is 0.0727. The van der Waals surface area contributed by atoms with E-state index in [4.69, 9.17) is 14.2 Å². The predicted molar refractivity (Wildman–Crippen MR) is 82.1 cm³/mol. The second-order valence-electron chi connectivity index (χ2n) is 5.41. The van der Waals surface area contributed by atoms with Crippen molar-refractivity contribution in [2.24, 2.45) is 0 Å². The molecule has 0 spiro atoms. The number of aromatic nitrogens is 1. The molecule has 0 aliphatic carbocycles. The van der Waals surface area contributed by atoms with Crippen LogP contribution in [0.4, 0.5) is 0 Å². The number of pyridine rings is 1. The molecule has 0 bridgehead atoms. The molecular weight excluding hydrogens is 266 g/mol. The van der Waals surface area contributed by atoms with E-state index < -0.39 is 0 Å². The van der Waals surface area contributed by atoms with Gasteiger partial charge in [0.15, 0.2) is 0 Å². The van der Waals surface area contributed by atoms with Crippen molar-refractivity contribution in [3.05, 3.63) is 30.0 Å². The van der Waals surface area contributed by atoms with E-state index in [1.165, 1.54) is 5.56 Å². The second kappa shape index (κ2) is 5.90. The van der Waals surface area contributed by atoms with Crippen molar-refractivity contribution in [3.8, 4) is 11.5 Å². The fraction of sp³-hybridized carbons (Fsp3) is 0.471. The number of methoxy groups -OCH3 is 2. The summed E-state index contributed by atoms with van der Waals surface area (Å²) in [4.78, 5) is 4.47. The van der Waals surface area contributed by atoms with Crippen LogP contribution in [-0.4, -0.2) is 31.4 Å². The van der Waals surface area contributed by atoms with Gasteiger partial charge in [-0.3, -0.25) is 4.98 Å². The van der Waals surface area contributed by atoms with Gasteiger partial charge in [0.2, 0.25) is 0 Å². The van der Waals surface area contributed by atoms with Gasteiger partial charge in [-0.15, -0.1) is 0 Å². The molecule has 2 unspecified atom stereocenters. The van der Waals surface area contributed by atoms with E-state index in [0.29, 0.717) is 0 Å². The van der Waals surface area contributed by atoms with Gasteiger partial charge in [-0.1, -0.05) is 13.3 Å². The van der Waals surface area contributed by atoms with Crippen LogP contribution in [0, 0.1) is 0 Å². The number of benzene rings is 1. The van der Waals surface area contributed by atoms with Crippen molar-refractivity contribution in [3.63, 3.8) is 0 Å². The summed E-state index contributed by atoms with van der Waals surface area (Å²) in [6.45, 7) is 2.16. The normalized spacial score (nSPS) is 18.3. The minimum atomic E-state index is 0.0727. The maximum atomic E-state index is 6.07. The van der Waals surface area contributed by atoms with Gasteiger partial charge >= 0.3 is 0 Å². The first-order valence-corrected chi connectivity index (χ1v) is 7.42. The Balaban J connectivity index is 1.96. The highest BCUT2D eigenvalue weighted by molar-refractivity contribution is 5.86. The third-order valence-corrected chi connectivity index (χ3v) is 4.12. The molecular formula is C17H21NO3. The number of fused-ring (bicyclic) bond motifs is 3. The summed E-state index contributed by atoms with van der Waals surface area (Å²) in [6.07, 6.45) is 4.97. The highest BCUT2D eigenvalue weighted by atomic mass is 16.5. The fourth-order valence-electron chi connectivity index (χ4n) is 3.00. The SMILES string of the molecule is CCCC(OC)C1Cc2c(cnc3ccc(OC)cc23)O1. The van der Waals surface area contributed by atoms with Gasteiger partial charge in [0.05, 0.1) is 24.9 Å². The summed E-state index contributed by atoms with van der Waals surface area (Å²) in [7, 11) is 3.44. The highest BCUT2D eigenvalue weighted by Gasteiger charge is 2.31. The van der Waals surface area contributed by atoms with Crippen molar-refractivity contribution in [2.45, 2.75) is 38.4 Å². The van der Waals surface area contributed by atoms with Crippen LogP contribution in [0.15, 0.2) is 24.4 Å². The first-order chi connectivity index (χ1) is 10.3. The molecule has 0 fully saturated rings. The molecule has 2 aromatic rings. The number of rotatable bonds is 5. The van der Waals surface area contributed by atoms with Gasteiger partial charge < -0.3 is 14.2 Å². The largest absolute Gasteiger partial charge is 0.497 e. The van der Waals surface area contributed by atoms with Gasteiger partial charge in [0.1, 0.15) is 17.6 Å². The van der Waals surface area contributed by atoms with Gasteiger partial charge in [-0.2, -0.15) is 0 Å². The summed E-state index contributed by atoms with van der Waals surface area (Å²) < 4.78 is 17.0. The smallest absolute Gasteiger partial charge is 0.142 e. The summed E-state index contributed by atoms with van der Waals surface area (Å²) in [6, 6.07) is 5.96. The van der Waals surface area contributed by atoms with E-state index in [1.54, 1.807) is 14.2 Å². The number of hydrogen-bond acceptors (Lipinski definition) is 4. The number of hydrogen-bond donors (Lipinski definition) is 0. The highest BCUT2D eigenvalue weighted by Crippen LogP contribution is 2.36. The lowest BCUT2D eigenvalue weighted by molar-refractivity contribution is 0.00683. The van der Waals surface area contributed by atoms with Gasteiger partial charge in [-0.05, 0) is 24.6 Å². The van der Waals surface area contributed by atoms with E-state index >= 15 is 0 Å². The van der Waals surface area contributed by atoms with Crippen molar-refractivity contribution >= 4 is 10.9 Å². The van der Waals surface area contributed by atoms with Crippen LogP contribution in [-0.2, 0) is 11.2 Å². The maximum absolute atomic E-state index is 6.07. The van der Waals surface area contributed by atoms with Crippen LogP contribution in [0.5, 0.6) is 11.5 Å².